The maximum absolute atomic E-state index is 12.5. The summed E-state index contributed by atoms with van der Waals surface area (Å²) in [6.45, 7) is 2.31. The molecule has 1 aliphatic rings. The number of para-hydroxylation sites is 1. The number of H-pyrrole nitrogens is 1. The number of rotatable bonds is 4. The van der Waals surface area contributed by atoms with Crippen LogP contribution < -0.4 is 5.56 Å². The van der Waals surface area contributed by atoms with E-state index < -0.39 is 6.10 Å². The molecule has 3 heterocycles. The normalized spacial score (nSPS) is 17.1. The summed E-state index contributed by atoms with van der Waals surface area (Å²) in [4.78, 5) is 22.3. The lowest BCUT2D eigenvalue weighted by molar-refractivity contribution is 0.0561. The predicted molar refractivity (Wildman–Crippen MR) is 112 cm³/mol. The Bertz CT molecular complexity index is 1190. The first kappa shape index (κ1) is 18.1. The number of aliphatic hydroxyl groups is 1. The second kappa shape index (κ2) is 7.46. The number of aliphatic hydroxyl groups excluding tert-OH is 1. The van der Waals surface area contributed by atoms with E-state index in [9.17, 15) is 9.90 Å². The highest BCUT2D eigenvalue weighted by Gasteiger charge is 2.26. The quantitative estimate of drug-likeness (QED) is 0.557. The zero-order chi connectivity index (χ0) is 19.8. The van der Waals surface area contributed by atoms with Gasteiger partial charge in [-0.2, -0.15) is 0 Å². The molecule has 0 amide bonds. The molecule has 1 saturated heterocycles. The Morgan fingerprint density at radius 1 is 1.10 bits per heavy atom. The van der Waals surface area contributed by atoms with Crippen LogP contribution in [0.15, 0.2) is 63.8 Å². The third kappa shape index (κ3) is 3.45. The molecule has 2 aromatic carbocycles. The van der Waals surface area contributed by atoms with Crippen LogP contribution in [0.5, 0.6) is 0 Å². The van der Waals surface area contributed by atoms with E-state index in [-0.39, 0.29) is 17.1 Å². The van der Waals surface area contributed by atoms with E-state index in [1.165, 1.54) is 0 Å². The number of hydrogen-bond donors (Lipinski definition) is 2. The first-order valence-electron chi connectivity index (χ1n) is 10.0. The van der Waals surface area contributed by atoms with E-state index in [1.54, 1.807) is 0 Å². The van der Waals surface area contributed by atoms with E-state index >= 15 is 0 Å². The summed E-state index contributed by atoms with van der Waals surface area (Å²) in [7, 11) is 0. The number of nitrogens with one attached hydrogen (secondary N) is 1. The van der Waals surface area contributed by atoms with Crippen molar-refractivity contribution in [1.29, 1.82) is 0 Å². The molecule has 1 unspecified atom stereocenters. The minimum atomic E-state index is -0.426. The fraction of sp³-hybridized carbons (Fsp3) is 0.304. The van der Waals surface area contributed by atoms with Crippen molar-refractivity contribution < 1.29 is 9.52 Å². The first-order valence-corrected chi connectivity index (χ1v) is 10.0. The summed E-state index contributed by atoms with van der Waals surface area (Å²) < 4.78 is 5.66. The highest BCUT2D eigenvalue weighted by atomic mass is 16.3. The van der Waals surface area contributed by atoms with Gasteiger partial charge in [-0.05, 0) is 49.5 Å². The molecule has 2 aromatic heterocycles. The molecule has 5 rings (SSSR count). The van der Waals surface area contributed by atoms with E-state index in [4.69, 9.17) is 4.42 Å². The zero-order valence-corrected chi connectivity index (χ0v) is 16.0. The number of hydrogen-bond acceptors (Lipinski definition) is 5. The van der Waals surface area contributed by atoms with Crippen molar-refractivity contribution in [3.05, 3.63) is 76.3 Å². The number of furan rings is 1. The standard InChI is InChI=1S/C23H23N3O3/c27-21(15-6-2-1-3-7-15)16-10-12-26(13-11-16)14-19-24-20-17-8-4-5-9-18(17)29-22(20)23(28)25-19/h1-9,16,21,27H,10-14H2,(H,24,25,28). The van der Waals surface area contributed by atoms with Crippen LogP contribution in [0, 0.1) is 5.92 Å². The second-order valence-electron chi connectivity index (χ2n) is 7.76. The highest BCUT2D eigenvalue weighted by molar-refractivity contribution is 6.01. The van der Waals surface area contributed by atoms with Gasteiger partial charge in [0.05, 0.1) is 12.6 Å². The molecule has 6 nitrogen and oxygen atoms in total. The maximum Gasteiger partial charge on any atom is 0.294 e. The Morgan fingerprint density at radius 3 is 2.62 bits per heavy atom. The molecule has 2 N–H and O–H groups in total. The second-order valence-corrected chi connectivity index (χ2v) is 7.76. The summed E-state index contributed by atoms with van der Waals surface area (Å²) in [6, 6.07) is 17.4. The van der Waals surface area contributed by atoms with Gasteiger partial charge in [0.2, 0.25) is 5.58 Å². The Hall–Kier alpha value is -2.96. The van der Waals surface area contributed by atoms with Gasteiger partial charge in [-0.25, -0.2) is 4.98 Å². The number of piperidine rings is 1. The summed E-state index contributed by atoms with van der Waals surface area (Å²) in [5.74, 6) is 0.900. The summed E-state index contributed by atoms with van der Waals surface area (Å²) in [6.07, 6.45) is 1.40. The fourth-order valence-electron chi connectivity index (χ4n) is 4.28. The molecule has 0 bridgehead atoms. The van der Waals surface area contributed by atoms with Crippen LogP contribution in [0.4, 0.5) is 0 Å². The topological polar surface area (TPSA) is 82.4 Å². The van der Waals surface area contributed by atoms with Crippen molar-refractivity contribution in [2.75, 3.05) is 13.1 Å². The lowest BCUT2D eigenvalue weighted by Crippen LogP contribution is -2.36. The van der Waals surface area contributed by atoms with Gasteiger partial charge in [-0.1, -0.05) is 42.5 Å². The summed E-state index contributed by atoms with van der Waals surface area (Å²) >= 11 is 0. The number of benzene rings is 2. The first-order chi connectivity index (χ1) is 14.2. The van der Waals surface area contributed by atoms with Crippen LogP contribution in [-0.2, 0) is 6.54 Å². The number of aromatic nitrogens is 2. The van der Waals surface area contributed by atoms with Crippen molar-refractivity contribution in [1.82, 2.24) is 14.9 Å². The molecular weight excluding hydrogens is 366 g/mol. The molecule has 0 radical (unpaired) electrons. The van der Waals surface area contributed by atoms with Crippen LogP contribution in [0.2, 0.25) is 0 Å². The molecule has 148 valence electrons. The SMILES string of the molecule is O=c1[nH]c(CN2CCC(C(O)c3ccccc3)CC2)nc2c1oc1ccccc12. The van der Waals surface area contributed by atoms with Crippen molar-refractivity contribution in [2.24, 2.45) is 5.92 Å². The Kier molecular flexibility index (Phi) is 4.66. The van der Waals surface area contributed by atoms with Gasteiger partial charge in [-0.15, -0.1) is 0 Å². The zero-order valence-electron chi connectivity index (χ0n) is 16.0. The van der Waals surface area contributed by atoms with E-state index in [0.717, 1.165) is 36.9 Å². The minimum absolute atomic E-state index is 0.240. The molecule has 0 spiro atoms. The van der Waals surface area contributed by atoms with Crippen LogP contribution >= 0.6 is 0 Å². The van der Waals surface area contributed by atoms with Gasteiger partial charge >= 0.3 is 0 Å². The average molecular weight is 389 g/mol. The van der Waals surface area contributed by atoms with Crippen molar-refractivity contribution >= 4 is 22.1 Å². The highest BCUT2D eigenvalue weighted by Crippen LogP contribution is 2.31. The van der Waals surface area contributed by atoms with Crippen molar-refractivity contribution in [2.45, 2.75) is 25.5 Å². The Balaban J connectivity index is 1.31. The third-order valence-electron chi connectivity index (χ3n) is 5.87. The van der Waals surface area contributed by atoms with Crippen molar-refractivity contribution in [3.8, 4) is 0 Å². The number of likely N-dealkylation sites (tertiary alicyclic amines) is 1. The van der Waals surface area contributed by atoms with E-state index in [0.29, 0.717) is 23.5 Å². The number of fused-ring (bicyclic) bond motifs is 3. The molecule has 0 aliphatic carbocycles. The molecule has 1 atom stereocenters. The Labute approximate surface area is 167 Å². The van der Waals surface area contributed by atoms with Crippen LogP contribution in [0.25, 0.3) is 22.1 Å². The minimum Gasteiger partial charge on any atom is -0.449 e. The molecule has 6 heteroatoms. The number of nitrogens with zero attached hydrogens (tertiary/aromatic N) is 2. The van der Waals surface area contributed by atoms with Crippen LogP contribution in [0.3, 0.4) is 0 Å². The van der Waals surface area contributed by atoms with Crippen LogP contribution in [0.1, 0.15) is 30.3 Å². The molecular formula is C23H23N3O3. The van der Waals surface area contributed by atoms with Gasteiger partial charge in [0.1, 0.15) is 16.9 Å². The van der Waals surface area contributed by atoms with Gasteiger partial charge in [-0.3, -0.25) is 9.69 Å². The van der Waals surface area contributed by atoms with Gasteiger partial charge in [0.25, 0.3) is 5.56 Å². The summed E-state index contributed by atoms with van der Waals surface area (Å²) in [5, 5.41) is 11.5. The van der Waals surface area contributed by atoms with Crippen molar-refractivity contribution in [3.63, 3.8) is 0 Å². The lowest BCUT2D eigenvalue weighted by atomic mass is 9.87. The monoisotopic (exact) mass is 389 g/mol. The molecule has 1 aliphatic heterocycles. The molecule has 0 saturated carbocycles. The Morgan fingerprint density at radius 2 is 1.83 bits per heavy atom. The third-order valence-corrected chi connectivity index (χ3v) is 5.87. The van der Waals surface area contributed by atoms with Gasteiger partial charge < -0.3 is 14.5 Å². The van der Waals surface area contributed by atoms with Crippen LogP contribution in [-0.4, -0.2) is 33.1 Å². The molecule has 29 heavy (non-hydrogen) atoms. The molecule has 1 fully saturated rings. The number of aromatic amines is 1. The predicted octanol–water partition coefficient (Wildman–Crippen LogP) is 3.61. The largest absolute Gasteiger partial charge is 0.449 e. The molecule has 4 aromatic rings. The smallest absolute Gasteiger partial charge is 0.294 e. The maximum atomic E-state index is 12.5. The van der Waals surface area contributed by atoms with Gasteiger partial charge in [0.15, 0.2) is 0 Å². The van der Waals surface area contributed by atoms with E-state index in [2.05, 4.69) is 14.9 Å². The average Bonchev–Trinajstić information content (AvgIpc) is 3.14. The van der Waals surface area contributed by atoms with Gasteiger partial charge in [0, 0.05) is 5.39 Å². The van der Waals surface area contributed by atoms with E-state index in [1.807, 2.05) is 54.6 Å². The fourth-order valence-corrected chi connectivity index (χ4v) is 4.28. The summed E-state index contributed by atoms with van der Waals surface area (Å²) in [5.41, 5.74) is 2.31. The lowest BCUT2D eigenvalue weighted by Gasteiger charge is -2.34.